The lowest BCUT2D eigenvalue weighted by Crippen LogP contribution is -2.22. The van der Waals surface area contributed by atoms with E-state index in [-0.39, 0.29) is 0 Å². The zero-order chi connectivity index (χ0) is 13.8. The fourth-order valence-corrected chi connectivity index (χ4v) is 2.61. The van der Waals surface area contributed by atoms with E-state index in [0.29, 0.717) is 0 Å². The maximum Gasteiger partial charge on any atom is 0.0483 e. The highest BCUT2D eigenvalue weighted by Gasteiger charge is 2.10. The Morgan fingerprint density at radius 2 is 1.95 bits per heavy atom. The molecule has 0 aliphatic rings. The molecule has 19 heavy (non-hydrogen) atoms. The Bertz CT molecular complexity index is 501. The maximum atomic E-state index is 3.55. The monoisotopic (exact) mass is 259 g/mol. The third-order valence-corrected chi connectivity index (χ3v) is 3.76. The van der Waals surface area contributed by atoms with E-state index in [4.69, 9.17) is 0 Å². The van der Waals surface area contributed by atoms with E-state index in [1.165, 1.54) is 28.6 Å². The van der Waals surface area contributed by atoms with Gasteiger partial charge in [0.05, 0.1) is 0 Å². The minimum atomic E-state index is 0.949. The van der Waals surface area contributed by atoms with Gasteiger partial charge in [-0.15, -0.1) is 0 Å². The maximum absolute atomic E-state index is 3.55. The van der Waals surface area contributed by atoms with E-state index in [9.17, 15) is 0 Å². The van der Waals surface area contributed by atoms with Gasteiger partial charge in [0, 0.05) is 30.2 Å². The average molecular weight is 259 g/mol. The van der Waals surface area contributed by atoms with Crippen molar-refractivity contribution in [2.45, 2.75) is 19.9 Å². The normalized spacial score (nSPS) is 11.6. The highest BCUT2D eigenvalue weighted by molar-refractivity contribution is 5.85. The summed E-state index contributed by atoms with van der Waals surface area (Å²) >= 11 is 0. The van der Waals surface area contributed by atoms with Crippen molar-refractivity contribution in [3.8, 4) is 0 Å². The van der Waals surface area contributed by atoms with Crippen LogP contribution < -0.4 is 5.32 Å². The fraction of sp³-hybridized carbons (Fsp3) is 0.500. The third-order valence-electron chi connectivity index (χ3n) is 3.76. The van der Waals surface area contributed by atoms with Gasteiger partial charge in [0.15, 0.2) is 0 Å². The molecule has 2 rings (SSSR count). The summed E-state index contributed by atoms with van der Waals surface area (Å²) in [5.41, 5.74) is 4.12. The van der Waals surface area contributed by atoms with Gasteiger partial charge in [-0.25, -0.2) is 0 Å². The number of para-hydroxylation sites is 1. The Morgan fingerprint density at radius 3 is 2.63 bits per heavy atom. The summed E-state index contributed by atoms with van der Waals surface area (Å²) in [5, 5.41) is 4.92. The van der Waals surface area contributed by atoms with Gasteiger partial charge in [0.25, 0.3) is 0 Å². The van der Waals surface area contributed by atoms with Crippen LogP contribution in [0.1, 0.15) is 17.7 Å². The van der Waals surface area contributed by atoms with Crippen molar-refractivity contribution >= 4 is 10.9 Å². The third kappa shape index (κ3) is 3.17. The number of rotatable bonds is 6. The zero-order valence-electron chi connectivity index (χ0n) is 12.5. The van der Waals surface area contributed by atoms with Crippen LogP contribution in [0, 0.1) is 6.92 Å². The van der Waals surface area contributed by atoms with Crippen LogP contribution in [0.2, 0.25) is 0 Å². The number of aromatic nitrogens is 1. The highest BCUT2D eigenvalue weighted by Crippen LogP contribution is 2.24. The molecule has 0 fully saturated rings. The topological polar surface area (TPSA) is 20.2 Å². The first kappa shape index (κ1) is 14.1. The number of hydrogen-bond acceptors (Lipinski definition) is 2. The molecule has 3 nitrogen and oxygen atoms in total. The summed E-state index contributed by atoms with van der Waals surface area (Å²) in [6.45, 7) is 5.38. The van der Waals surface area contributed by atoms with Gasteiger partial charge in [-0.3, -0.25) is 0 Å². The standard InChI is InChI=1S/C16H25N3/c1-13-14-8-5-6-9-15(14)19(4)16(13)12-17-10-7-11-18(2)3/h5-6,8-9,17H,7,10-12H2,1-4H3. The summed E-state index contributed by atoms with van der Waals surface area (Å²) in [5.74, 6) is 0. The molecule has 0 aliphatic heterocycles. The van der Waals surface area contributed by atoms with Crippen LogP contribution in [-0.2, 0) is 13.6 Å². The molecule has 0 radical (unpaired) electrons. The molecule has 0 aliphatic carbocycles. The number of aryl methyl sites for hydroxylation is 2. The summed E-state index contributed by atoms with van der Waals surface area (Å²) in [7, 11) is 6.40. The second kappa shape index (κ2) is 6.22. The summed E-state index contributed by atoms with van der Waals surface area (Å²) < 4.78 is 2.31. The smallest absolute Gasteiger partial charge is 0.0483 e. The number of benzene rings is 1. The van der Waals surface area contributed by atoms with Gasteiger partial charge in [-0.05, 0) is 52.2 Å². The van der Waals surface area contributed by atoms with Crippen molar-refractivity contribution in [2.75, 3.05) is 27.2 Å². The molecular formula is C16H25N3. The van der Waals surface area contributed by atoms with Gasteiger partial charge in [-0.1, -0.05) is 18.2 Å². The lowest BCUT2D eigenvalue weighted by Gasteiger charge is -2.11. The summed E-state index contributed by atoms with van der Waals surface area (Å²) in [6.07, 6.45) is 1.19. The van der Waals surface area contributed by atoms with E-state index >= 15 is 0 Å². The Hall–Kier alpha value is -1.32. The molecule has 0 amide bonds. The highest BCUT2D eigenvalue weighted by atomic mass is 15.1. The molecule has 0 bridgehead atoms. The van der Waals surface area contributed by atoms with Crippen molar-refractivity contribution in [1.82, 2.24) is 14.8 Å². The summed E-state index contributed by atoms with van der Waals surface area (Å²) in [4.78, 5) is 2.23. The Balaban J connectivity index is 2.01. The molecule has 1 aromatic carbocycles. The van der Waals surface area contributed by atoms with Crippen LogP contribution >= 0.6 is 0 Å². The molecular weight excluding hydrogens is 234 g/mol. The number of hydrogen-bond donors (Lipinski definition) is 1. The number of fused-ring (bicyclic) bond motifs is 1. The number of nitrogens with zero attached hydrogens (tertiary/aromatic N) is 2. The van der Waals surface area contributed by atoms with Crippen LogP contribution in [0.5, 0.6) is 0 Å². The quantitative estimate of drug-likeness (QED) is 0.805. The summed E-state index contributed by atoms with van der Waals surface area (Å²) in [6, 6.07) is 8.62. The van der Waals surface area contributed by atoms with Crippen molar-refractivity contribution < 1.29 is 0 Å². The molecule has 0 saturated heterocycles. The molecule has 0 unspecified atom stereocenters. The first-order valence-corrected chi connectivity index (χ1v) is 6.99. The van der Waals surface area contributed by atoms with Gasteiger partial charge in [0.1, 0.15) is 0 Å². The predicted octanol–water partition coefficient (Wildman–Crippen LogP) is 2.53. The minimum absolute atomic E-state index is 0.949. The lowest BCUT2D eigenvalue weighted by atomic mass is 10.1. The molecule has 104 valence electrons. The van der Waals surface area contributed by atoms with E-state index in [1.807, 2.05) is 0 Å². The van der Waals surface area contributed by atoms with Gasteiger partial charge in [0.2, 0.25) is 0 Å². The molecule has 3 heteroatoms. The largest absolute Gasteiger partial charge is 0.346 e. The molecule has 1 aromatic heterocycles. The molecule has 1 heterocycles. The molecule has 0 atom stereocenters. The molecule has 1 N–H and O–H groups in total. The predicted molar refractivity (Wildman–Crippen MR) is 82.5 cm³/mol. The fourth-order valence-electron chi connectivity index (χ4n) is 2.61. The first-order valence-electron chi connectivity index (χ1n) is 6.99. The van der Waals surface area contributed by atoms with Crippen LogP contribution in [0.3, 0.4) is 0 Å². The van der Waals surface area contributed by atoms with Crippen LogP contribution in [0.15, 0.2) is 24.3 Å². The van der Waals surface area contributed by atoms with E-state index in [0.717, 1.165) is 19.6 Å². The van der Waals surface area contributed by atoms with E-state index in [2.05, 4.69) is 67.1 Å². The Kier molecular flexibility index (Phi) is 4.61. The second-order valence-corrected chi connectivity index (χ2v) is 5.48. The average Bonchev–Trinajstić information content (AvgIpc) is 2.63. The van der Waals surface area contributed by atoms with Gasteiger partial charge in [-0.2, -0.15) is 0 Å². The van der Waals surface area contributed by atoms with E-state index in [1.54, 1.807) is 0 Å². The lowest BCUT2D eigenvalue weighted by molar-refractivity contribution is 0.394. The van der Waals surface area contributed by atoms with E-state index < -0.39 is 0 Å². The van der Waals surface area contributed by atoms with Crippen LogP contribution in [0.25, 0.3) is 10.9 Å². The van der Waals surface area contributed by atoms with Crippen molar-refractivity contribution in [3.63, 3.8) is 0 Å². The molecule has 0 saturated carbocycles. The van der Waals surface area contributed by atoms with Gasteiger partial charge < -0.3 is 14.8 Å². The Morgan fingerprint density at radius 1 is 1.21 bits per heavy atom. The zero-order valence-corrected chi connectivity index (χ0v) is 12.5. The van der Waals surface area contributed by atoms with Crippen molar-refractivity contribution in [3.05, 3.63) is 35.5 Å². The molecule has 2 aromatic rings. The van der Waals surface area contributed by atoms with Crippen LogP contribution in [-0.4, -0.2) is 36.7 Å². The second-order valence-electron chi connectivity index (χ2n) is 5.48. The molecule has 0 spiro atoms. The van der Waals surface area contributed by atoms with Gasteiger partial charge >= 0.3 is 0 Å². The van der Waals surface area contributed by atoms with Crippen molar-refractivity contribution in [1.29, 1.82) is 0 Å². The SMILES string of the molecule is Cc1c(CNCCCN(C)C)n(C)c2ccccc12. The van der Waals surface area contributed by atoms with Crippen molar-refractivity contribution in [2.24, 2.45) is 7.05 Å². The number of nitrogens with one attached hydrogen (secondary N) is 1. The Labute approximate surface area is 116 Å². The van der Waals surface area contributed by atoms with Crippen LogP contribution in [0.4, 0.5) is 0 Å². The first-order chi connectivity index (χ1) is 9.11. The minimum Gasteiger partial charge on any atom is -0.346 e.